The average Bonchev–Trinajstić information content (AvgIpc) is 2.74. The Balaban J connectivity index is 1.90. The second-order valence-electron chi connectivity index (χ2n) is 15.3. The Labute approximate surface area is 226 Å². The molecule has 1 heteroatoms. The molecule has 4 rings (SSSR count). The summed E-state index contributed by atoms with van der Waals surface area (Å²) >= 11 is 0. The van der Waals surface area contributed by atoms with Gasteiger partial charge in [-0.2, -0.15) is 0 Å². The van der Waals surface area contributed by atoms with Crippen molar-refractivity contribution in [1.82, 2.24) is 0 Å². The molecule has 1 aliphatic rings. The summed E-state index contributed by atoms with van der Waals surface area (Å²) in [5.74, 6) is 0.371. The van der Waals surface area contributed by atoms with Crippen LogP contribution < -0.4 is 0 Å². The van der Waals surface area contributed by atoms with E-state index < -0.39 is 0 Å². The van der Waals surface area contributed by atoms with Gasteiger partial charge in [0.25, 0.3) is 0 Å². The molecule has 1 aliphatic carbocycles. The van der Waals surface area contributed by atoms with E-state index in [0.29, 0.717) is 5.75 Å². The minimum absolute atomic E-state index is 0.0142. The highest BCUT2D eigenvalue weighted by atomic mass is 16.3. The third kappa shape index (κ3) is 5.66. The molecule has 0 heterocycles. The van der Waals surface area contributed by atoms with Crippen molar-refractivity contribution in [1.29, 1.82) is 0 Å². The predicted octanol–water partition coefficient (Wildman–Crippen LogP) is 9.86. The first-order chi connectivity index (χ1) is 16.9. The van der Waals surface area contributed by atoms with E-state index in [-0.39, 0.29) is 21.7 Å². The highest BCUT2D eigenvalue weighted by molar-refractivity contribution is 5.77. The molecule has 198 valence electrons. The molecule has 0 fully saturated rings. The summed E-state index contributed by atoms with van der Waals surface area (Å²) in [4.78, 5) is 0. The average molecular weight is 497 g/mol. The van der Waals surface area contributed by atoms with Crippen molar-refractivity contribution in [3.05, 3.63) is 87.5 Å². The molecule has 0 aromatic heterocycles. The van der Waals surface area contributed by atoms with Crippen molar-refractivity contribution < 1.29 is 5.11 Å². The number of aromatic hydroxyl groups is 1. The SMILES string of the molecule is CC(C)(C)CC(C)(C)c1ccc(O)c(-c2ccc(C(C)(C)C)c3c2Cc2cc(C(C)(C)C)ccc2C3)c1. The Morgan fingerprint density at radius 2 is 1.22 bits per heavy atom. The minimum Gasteiger partial charge on any atom is -0.507 e. The Bertz CT molecular complexity index is 1320. The van der Waals surface area contributed by atoms with E-state index in [9.17, 15) is 5.11 Å². The number of phenolic OH excluding ortho intramolecular Hbond substituents is 1. The molecule has 0 aliphatic heterocycles. The fraction of sp³-hybridized carbons (Fsp3) is 0.500. The van der Waals surface area contributed by atoms with Gasteiger partial charge >= 0.3 is 0 Å². The lowest BCUT2D eigenvalue weighted by atomic mass is 9.71. The molecule has 1 nitrogen and oxygen atoms in total. The maximum absolute atomic E-state index is 11.2. The van der Waals surface area contributed by atoms with E-state index in [0.717, 1.165) is 24.8 Å². The van der Waals surface area contributed by atoms with Crippen molar-refractivity contribution in [2.75, 3.05) is 0 Å². The molecule has 0 unspecified atom stereocenters. The summed E-state index contributed by atoms with van der Waals surface area (Å²) in [5.41, 5.74) is 12.3. The molecule has 37 heavy (non-hydrogen) atoms. The fourth-order valence-corrected chi connectivity index (χ4v) is 6.46. The molecule has 0 spiro atoms. The van der Waals surface area contributed by atoms with Gasteiger partial charge < -0.3 is 5.11 Å². The van der Waals surface area contributed by atoms with Crippen LogP contribution in [0.15, 0.2) is 48.5 Å². The van der Waals surface area contributed by atoms with Crippen LogP contribution in [0, 0.1) is 5.41 Å². The third-order valence-electron chi connectivity index (χ3n) is 8.09. The predicted molar refractivity (Wildman–Crippen MR) is 160 cm³/mol. The molecule has 0 bridgehead atoms. The topological polar surface area (TPSA) is 20.2 Å². The highest BCUT2D eigenvalue weighted by Gasteiger charge is 2.30. The summed E-state index contributed by atoms with van der Waals surface area (Å²) in [6.45, 7) is 25.4. The number of hydrogen-bond acceptors (Lipinski definition) is 1. The molecule has 3 aromatic carbocycles. The van der Waals surface area contributed by atoms with Crippen molar-refractivity contribution >= 4 is 0 Å². The van der Waals surface area contributed by atoms with Gasteiger partial charge in [-0.15, -0.1) is 0 Å². The molecule has 0 saturated carbocycles. The molecule has 0 atom stereocenters. The van der Waals surface area contributed by atoms with E-state index in [1.165, 1.54) is 44.5 Å². The van der Waals surface area contributed by atoms with Crippen molar-refractivity contribution in [3.63, 3.8) is 0 Å². The highest BCUT2D eigenvalue weighted by Crippen LogP contribution is 2.45. The van der Waals surface area contributed by atoms with E-state index in [4.69, 9.17) is 0 Å². The van der Waals surface area contributed by atoms with Gasteiger partial charge in [-0.1, -0.05) is 113 Å². The largest absolute Gasteiger partial charge is 0.507 e. The van der Waals surface area contributed by atoms with Gasteiger partial charge in [0.1, 0.15) is 5.75 Å². The van der Waals surface area contributed by atoms with Gasteiger partial charge in [-0.05, 0) is 97.6 Å². The van der Waals surface area contributed by atoms with Crippen LogP contribution in [0.1, 0.15) is 122 Å². The molecular formula is C36H48O. The molecular weight excluding hydrogens is 448 g/mol. The lowest BCUT2D eigenvalue weighted by Crippen LogP contribution is -2.24. The first-order valence-corrected chi connectivity index (χ1v) is 14.0. The van der Waals surface area contributed by atoms with Crippen LogP contribution in [-0.4, -0.2) is 5.11 Å². The van der Waals surface area contributed by atoms with Crippen molar-refractivity contribution in [3.8, 4) is 16.9 Å². The van der Waals surface area contributed by atoms with E-state index in [1.54, 1.807) is 0 Å². The summed E-state index contributed by atoms with van der Waals surface area (Å²) in [6.07, 6.45) is 2.93. The quantitative estimate of drug-likeness (QED) is 0.299. The number of hydrogen-bond donors (Lipinski definition) is 1. The maximum atomic E-state index is 11.2. The van der Waals surface area contributed by atoms with Crippen LogP contribution in [0.2, 0.25) is 0 Å². The lowest BCUT2D eigenvalue weighted by molar-refractivity contribution is 0.284. The summed E-state index contributed by atoms with van der Waals surface area (Å²) in [6, 6.07) is 18.0. The van der Waals surface area contributed by atoms with E-state index in [1.807, 2.05) is 6.07 Å². The third-order valence-corrected chi connectivity index (χ3v) is 8.09. The van der Waals surface area contributed by atoms with E-state index in [2.05, 4.69) is 119 Å². The van der Waals surface area contributed by atoms with Gasteiger partial charge in [-0.3, -0.25) is 0 Å². The summed E-state index contributed by atoms with van der Waals surface area (Å²) in [5, 5.41) is 11.2. The molecule has 0 saturated heterocycles. The minimum atomic E-state index is 0.0142. The van der Waals surface area contributed by atoms with Crippen LogP contribution in [-0.2, 0) is 29.1 Å². The van der Waals surface area contributed by atoms with Gasteiger partial charge in [0.15, 0.2) is 0 Å². The van der Waals surface area contributed by atoms with Crippen molar-refractivity contribution in [2.45, 2.75) is 112 Å². The molecule has 0 radical (unpaired) electrons. The van der Waals surface area contributed by atoms with Crippen LogP contribution in [0.4, 0.5) is 0 Å². The zero-order valence-electron chi connectivity index (χ0n) is 25.2. The fourth-order valence-electron chi connectivity index (χ4n) is 6.46. The number of benzene rings is 3. The van der Waals surface area contributed by atoms with Gasteiger partial charge in [0.2, 0.25) is 0 Å². The van der Waals surface area contributed by atoms with Gasteiger partial charge in [0, 0.05) is 5.56 Å². The Morgan fingerprint density at radius 1 is 0.595 bits per heavy atom. The van der Waals surface area contributed by atoms with Crippen molar-refractivity contribution in [2.24, 2.45) is 5.41 Å². The standard InChI is InChI=1S/C36H48O/c1-33(2,3)22-36(10,11)26-14-17-32(37)30(21-26)27-15-16-31(35(7,8)9)29-19-23-12-13-25(34(4,5)6)18-24(23)20-28(27)29/h12-18,21,37H,19-20,22H2,1-11H3. The zero-order chi connectivity index (χ0) is 27.6. The second kappa shape index (κ2) is 9.04. The lowest BCUT2D eigenvalue weighted by Gasteiger charge is -2.34. The summed E-state index contributed by atoms with van der Waals surface area (Å²) < 4.78 is 0. The smallest absolute Gasteiger partial charge is 0.123 e. The Morgan fingerprint density at radius 3 is 1.81 bits per heavy atom. The van der Waals surface area contributed by atoms with Gasteiger partial charge in [0.05, 0.1) is 0 Å². The van der Waals surface area contributed by atoms with Crippen LogP contribution in [0.25, 0.3) is 11.1 Å². The summed E-state index contributed by atoms with van der Waals surface area (Å²) in [7, 11) is 0. The van der Waals surface area contributed by atoms with E-state index >= 15 is 0 Å². The Kier molecular flexibility index (Phi) is 6.72. The van der Waals surface area contributed by atoms with Crippen LogP contribution in [0.3, 0.4) is 0 Å². The first kappa shape index (κ1) is 27.5. The van der Waals surface area contributed by atoms with Gasteiger partial charge in [-0.25, -0.2) is 0 Å². The maximum Gasteiger partial charge on any atom is 0.123 e. The second-order valence-corrected chi connectivity index (χ2v) is 15.3. The number of phenols is 1. The first-order valence-electron chi connectivity index (χ1n) is 14.0. The molecule has 3 aromatic rings. The molecule has 0 amide bonds. The monoisotopic (exact) mass is 496 g/mol. The number of fused-ring (bicyclic) bond motifs is 2. The molecule has 1 N–H and O–H groups in total. The van der Waals surface area contributed by atoms with Crippen LogP contribution >= 0.6 is 0 Å². The Hall–Kier alpha value is -2.54. The number of rotatable bonds is 3. The normalized spacial score (nSPS) is 14.4. The van der Waals surface area contributed by atoms with Crippen LogP contribution in [0.5, 0.6) is 5.75 Å². The zero-order valence-corrected chi connectivity index (χ0v) is 25.2.